The smallest absolute Gasteiger partial charge is 0.416 e. The molecule has 2 N–H and O–H groups in total. The molecular weight excluding hydrogens is 473 g/mol. The van der Waals surface area contributed by atoms with Gasteiger partial charge in [0.2, 0.25) is 0 Å². The zero-order valence-electron chi connectivity index (χ0n) is 16.2. The Bertz CT molecular complexity index is 951. The van der Waals surface area contributed by atoms with Crippen molar-refractivity contribution in [1.29, 1.82) is 0 Å². The average molecular weight is 489 g/mol. The van der Waals surface area contributed by atoms with Gasteiger partial charge in [-0.15, -0.1) is 0 Å². The summed E-state index contributed by atoms with van der Waals surface area (Å²) < 4.78 is 97.2. The van der Waals surface area contributed by atoms with Crippen LogP contribution < -0.4 is 5.32 Å². The summed E-state index contributed by atoms with van der Waals surface area (Å²) in [7, 11) is 0.944. The summed E-state index contributed by atoms with van der Waals surface area (Å²) in [5, 5.41) is 11.7. The number of halogens is 8. The Labute approximate surface area is 182 Å². The first kappa shape index (κ1) is 25.8. The number of ether oxygens (including phenoxy) is 1. The Morgan fingerprint density at radius 2 is 1.78 bits per heavy atom. The van der Waals surface area contributed by atoms with Crippen molar-refractivity contribution in [1.82, 2.24) is 10.3 Å². The minimum Gasteiger partial charge on any atom is -0.469 e. The molecule has 1 aromatic carbocycles. The molecule has 1 heterocycles. The van der Waals surface area contributed by atoms with E-state index in [1.54, 1.807) is 0 Å². The lowest BCUT2D eigenvalue weighted by molar-refractivity contribution is -0.202. The van der Waals surface area contributed by atoms with Gasteiger partial charge in [-0.25, -0.2) is 4.39 Å². The fourth-order valence-corrected chi connectivity index (χ4v) is 3.01. The van der Waals surface area contributed by atoms with Gasteiger partial charge >= 0.3 is 18.3 Å². The van der Waals surface area contributed by atoms with Crippen molar-refractivity contribution < 1.29 is 45.4 Å². The number of hydrogen-bond donors (Lipinski definition) is 2. The van der Waals surface area contributed by atoms with Crippen LogP contribution in [0.15, 0.2) is 36.5 Å². The van der Waals surface area contributed by atoms with Crippen molar-refractivity contribution in [2.75, 3.05) is 13.7 Å². The molecule has 0 unspecified atom stereocenters. The molecule has 0 radical (unpaired) electrons. The minimum absolute atomic E-state index is 0.0752. The summed E-state index contributed by atoms with van der Waals surface area (Å²) in [5.74, 6) is -2.43. The Balaban J connectivity index is 2.76. The molecule has 0 saturated carbocycles. The largest absolute Gasteiger partial charge is 0.469 e. The first-order chi connectivity index (χ1) is 14.7. The number of esters is 1. The fraction of sp³-hybridized carbons (Fsp3) is 0.368. The van der Waals surface area contributed by atoms with Crippen LogP contribution in [0.3, 0.4) is 0 Å². The quantitative estimate of drug-likeness (QED) is 0.451. The number of nitrogens with zero attached hydrogens (tertiary/aromatic N) is 1. The predicted molar refractivity (Wildman–Crippen MR) is 98.1 cm³/mol. The van der Waals surface area contributed by atoms with Gasteiger partial charge in [-0.2, -0.15) is 26.3 Å². The summed E-state index contributed by atoms with van der Waals surface area (Å²) >= 11 is 5.77. The molecule has 32 heavy (non-hydrogen) atoms. The summed E-state index contributed by atoms with van der Waals surface area (Å²) in [6, 6.07) is 3.63. The van der Waals surface area contributed by atoms with Gasteiger partial charge in [-0.05, 0) is 35.9 Å². The number of methoxy groups -OCH3 is 1. The molecular formula is C19H16ClF7N2O3. The highest BCUT2D eigenvalue weighted by atomic mass is 35.5. The van der Waals surface area contributed by atoms with Gasteiger partial charge in [0.25, 0.3) is 0 Å². The van der Waals surface area contributed by atoms with E-state index in [2.05, 4.69) is 15.0 Å². The van der Waals surface area contributed by atoms with Crippen molar-refractivity contribution in [2.24, 2.45) is 0 Å². The third-order valence-corrected chi connectivity index (χ3v) is 4.72. The standard InChI is InChI=1S/C19H16ClF7N2O3/c1-32-16(31)7-17(14-3-2-12(20)8-28-14,29-9-15(30)19(25,26)27)10-4-11(18(22,23)24)6-13(21)5-10/h2-6,8,15,29-30H,7,9H2,1H3/t15-,17-/m1/s1. The Morgan fingerprint density at radius 1 is 1.16 bits per heavy atom. The number of aliphatic hydroxyl groups is 1. The molecule has 5 nitrogen and oxygen atoms in total. The molecule has 0 fully saturated rings. The molecule has 2 rings (SSSR count). The lowest BCUT2D eigenvalue weighted by Crippen LogP contribution is -2.51. The number of nitrogens with one attached hydrogen (secondary N) is 1. The van der Waals surface area contributed by atoms with Gasteiger partial charge in [-0.1, -0.05) is 11.6 Å². The predicted octanol–water partition coefficient (Wildman–Crippen LogP) is 4.21. The summed E-state index contributed by atoms with van der Waals surface area (Å²) in [4.78, 5) is 16.0. The van der Waals surface area contributed by atoms with Crippen molar-refractivity contribution in [2.45, 2.75) is 30.4 Å². The molecule has 13 heteroatoms. The normalized spacial score (nSPS) is 15.2. The topological polar surface area (TPSA) is 71.5 Å². The van der Waals surface area contributed by atoms with E-state index >= 15 is 0 Å². The first-order valence-corrected chi connectivity index (χ1v) is 9.14. The molecule has 0 saturated heterocycles. The molecule has 1 aromatic heterocycles. The van der Waals surface area contributed by atoms with Crippen LogP contribution in [-0.4, -0.2) is 42.0 Å². The second-order valence-electron chi connectivity index (χ2n) is 6.68. The molecule has 0 bridgehead atoms. The van der Waals surface area contributed by atoms with Gasteiger partial charge in [0.1, 0.15) is 5.82 Å². The Morgan fingerprint density at radius 3 is 2.28 bits per heavy atom. The van der Waals surface area contributed by atoms with Crippen LogP contribution >= 0.6 is 11.6 Å². The number of carbonyl (C=O) groups excluding carboxylic acids is 1. The number of rotatable bonds is 7. The van der Waals surface area contributed by atoms with E-state index in [4.69, 9.17) is 11.6 Å². The molecule has 0 aliphatic heterocycles. The minimum atomic E-state index is -5.09. The van der Waals surface area contributed by atoms with Crippen LogP contribution in [-0.2, 0) is 21.2 Å². The second-order valence-corrected chi connectivity index (χ2v) is 7.12. The zero-order chi connectivity index (χ0) is 24.3. The number of benzene rings is 1. The molecule has 0 amide bonds. The van der Waals surface area contributed by atoms with E-state index in [-0.39, 0.29) is 16.8 Å². The summed E-state index contributed by atoms with van der Waals surface area (Å²) in [5.41, 5.74) is -4.53. The maximum atomic E-state index is 14.2. The van der Waals surface area contributed by atoms with Crippen LogP contribution in [0.1, 0.15) is 23.2 Å². The monoisotopic (exact) mass is 488 g/mol. The molecule has 2 atom stereocenters. The van der Waals surface area contributed by atoms with Gasteiger partial charge in [0, 0.05) is 12.7 Å². The number of alkyl halides is 6. The summed E-state index contributed by atoms with van der Waals surface area (Å²) in [6.07, 6.45) is -12.9. The van der Waals surface area contributed by atoms with Crippen LogP contribution in [0.2, 0.25) is 5.02 Å². The van der Waals surface area contributed by atoms with Gasteiger partial charge in [-0.3, -0.25) is 15.1 Å². The van der Waals surface area contributed by atoms with E-state index in [0.29, 0.717) is 12.1 Å². The van der Waals surface area contributed by atoms with Crippen molar-refractivity contribution in [3.63, 3.8) is 0 Å². The van der Waals surface area contributed by atoms with Gasteiger partial charge in [0.05, 0.1) is 35.3 Å². The SMILES string of the molecule is COC(=O)C[C@@](NC[C@@H](O)C(F)(F)F)(c1cc(F)cc(C(F)(F)F)c1)c1ccc(Cl)cn1. The van der Waals surface area contributed by atoms with E-state index in [0.717, 1.165) is 19.4 Å². The van der Waals surface area contributed by atoms with Gasteiger partial charge < -0.3 is 9.84 Å². The third-order valence-electron chi connectivity index (χ3n) is 4.49. The number of pyridine rings is 1. The Hall–Kier alpha value is -2.44. The second kappa shape index (κ2) is 9.59. The number of aliphatic hydroxyl groups excluding tert-OH is 1. The van der Waals surface area contributed by atoms with E-state index in [1.807, 2.05) is 0 Å². The molecule has 0 aliphatic rings. The van der Waals surface area contributed by atoms with Crippen LogP contribution in [0, 0.1) is 5.82 Å². The Kier molecular flexibility index (Phi) is 7.74. The van der Waals surface area contributed by atoms with Crippen molar-refractivity contribution in [3.05, 3.63) is 64.2 Å². The maximum absolute atomic E-state index is 14.2. The average Bonchev–Trinajstić information content (AvgIpc) is 2.69. The molecule has 0 spiro atoms. The highest BCUT2D eigenvalue weighted by Gasteiger charge is 2.44. The maximum Gasteiger partial charge on any atom is 0.416 e. The molecule has 176 valence electrons. The van der Waals surface area contributed by atoms with Crippen LogP contribution in [0.4, 0.5) is 30.7 Å². The lowest BCUT2D eigenvalue weighted by Gasteiger charge is -2.35. The van der Waals surface area contributed by atoms with Crippen LogP contribution in [0.25, 0.3) is 0 Å². The molecule has 2 aromatic rings. The fourth-order valence-electron chi connectivity index (χ4n) is 2.90. The van der Waals surface area contributed by atoms with Crippen molar-refractivity contribution >= 4 is 17.6 Å². The zero-order valence-corrected chi connectivity index (χ0v) is 16.9. The molecule has 0 aliphatic carbocycles. The van der Waals surface area contributed by atoms with Gasteiger partial charge in [0.15, 0.2) is 6.10 Å². The highest BCUT2D eigenvalue weighted by molar-refractivity contribution is 6.30. The third kappa shape index (κ3) is 6.08. The van der Waals surface area contributed by atoms with Crippen molar-refractivity contribution in [3.8, 4) is 0 Å². The lowest BCUT2D eigenvalue weighted by atomic mass is 9.81. The number of aromatic nitrogens is 1. The van der Waals surface area contributed by atoms with E-state index in [1.165, 1.54) is 6.07 Å². The number of carbonyl (C=O) groups is 1. The van der Waals surface area contributed by atoms with E-state index in [9.17, 15) is 40.6 Å². The first-order valence-electron chi connectivity index (χ1n) is 8.76. The van der Waals surface area contributed by atoms with E-state index < -0.39 is 59.9 Å². The van der Waals surface area contributed by atoms with Crippen LogP contribution in [0.5, 0.6) is 0 Å². The highest BCUT2D eigenvalue weighted by Crippen LogP contribution is 2.38. The summed E-state index contributed by atoms with van der Waals surface area (Å²) in [6.45, 7) is -1.26. The number of hydrogen-bond acceptors (Lipinski definition) is 5.